The van der Waals surface area contributed by atoms with Gasteiger partial charge in [0.25, 0.3) is 6.43 Å². The molecule has 1 N–H and O–H groups in total. The van der Waals surface area contributed by atoms with Gasteiger partial charge < -0.3 is 5.32 Å². The number of pyridine rings is 1. The van der Waals surface area contributed by atoms with Crippen LogP contribution in [0.5, 0.6) is 0 Å². The highest BCUT2D eigenvalue weighted by molar-refractivity contribution is 6.29. The third-order valence-corrected chi connectivity index (χ3v) is 1.67. The fraction of sp³-hybridized carbons (Fsp3) is 0.286. The number of aromatic nitrogens is 1. The van der Waals surface area contributed by atoms with Crippen LogP contribution in [0.25, 0.3) is 0 Å². The van der Waals surface area contributed by atoms with E-state index in [-0.39, 0.29) is 16.7 Å². The Morgan fingerprint density at radius 2 is 2.27 bits per heavy atom. The fourth-order valence-electron chi connectivity index (χ4n) is 0.879. The van der Waals surface area contributed by atoms with Crippen molar-refractivity contribution >= 4 is 23.1 Å². The summed E-state index contributed by atoms with van der Waals surface area (Å²) in [4.78, 5) is 13.3. The van der Waals surface area contributed by atoms with E-state index >= 15 is 0 Å². The highest BCUT2D eigenvalue weighted by Crippen LogP contribution is 2.23. The molecule has 0 atom stereocenters. The normalized spacial score (nSPS) is 10.4. The Labute approximate surface area is 88.2 Å². The van der Waals surface area contributed by atoms with E-state index in [1.165, 1.54) is 6.07 Å². The van der Waals surface area contributed by atoms with E-state index in [1.54, 1.807) is 0 Å². The standard InChI is InChI=1S/C7H6ClF2N3O2/c8-5-2-1-4(13(14)15)7(12-5)11-3-6(9)10/h1-2,6H,3H2,(H,11,12). The molecule has 0 aliphatic rings. The van der Waals surface area contributed by atoms with E-state index in [0.717, 1.165) is 6.07 Å². The van der Waals surface area contributed by atoms with Crippen molar-refractivity contribution in [2.45, 2.75) is 6.43 Å². The van der Waals surface area contributed by atoms with Crippen LogP contribution in [0.4, 0.5) is 20.3 Å². The second-order valence-corrected chi connectivity index (χ2v) is 2.92. The van der Waals surface area contributed by atoms with Gasteiger partial charge in [0, 0.05) is 6.07 Å². The summed E-state index contributed by atoms with van der Waals surface area (Å²) in [5.41, 5.74) is -0.389. The topological polar surface area (TPSA) is 68.1 Å². The minimum atomic E-state index is -2.62. The maximum Gasteiger partial charge on any atom is 0.311 e. The second-order valence-electron chi connectivity index (χ2n) is 2.53. The molecular formula is C7H6ClF2N3O2. The Bertz CT molecular complexity index is 375. The lowest BCUT2D eigenvalue weighted by Crippen LogP contribution is -2.12. The number of nitro groups is 1. The summed E-state index contributed by atoms with van der Waals surface area (Å²) < 4.78 is 23.7. The molecule has 0 bridgehead atoms. The van der Waals surface area contributed by atoms with Crippen molar-refractivity contribution in [3.05, 3.63) is 27.4 Å². The molecule has 1 heterocycles. The number of nitrogens with one attached hydrogen (secondary N) is 1. The summed E-state index contributed by atoms with van der Waals surface area (Å²) in [6, 6.07) is 2.32. The molecule has 82 valence electrons. The van der Waals surface area contributed by atoms with E-state index in [4.69, 9.17) is 11.6 Å². The van der Waals surface area contributed by atoms with E-state index in [0.29, 0.717) is 0 Å². The van der Waals surface area contributed by atoms with Crippen LogP contribution in [-0.4, -0.2) is 22.9 Å². The number of anilines is 1. The smallest absolute Gasteiger partial charge is 0.311 e. The molecule has 1 aromatic heterocycles. The van der Waals surface area contributed by atoms with Crippen LogP contribution in [-0.2, 0) is 0 Å². The first-order valence-corrected chi connectivity index (χ1v) is 4.21. The Morgan fingerprint density at radius 3 is 2.80 bits per heavy atom. The summed E-state index contributed by atoms with van der Waals surface area (Å²) >= 11 is 5.48. The lowest BCUT2D eigenvalue weighted by atomic mass is 10.4. The number of rotatable bonds is 4. The Morgan fingerprint density at radius 1 is 1.60 bits per heavy atom. The van der Waals surface area contributed by atoms with Crippen molar-refractivity contribution in [3.63, 3.8) is 0 Å². The van der Waals surface area contributed by atoms with Crippen molar-refractivity contribution in [1.29, 1.82) is 0 Å². The first kappa shape index (κ1) is 11.6. The Hall–Kier alpha value is -1.50. The molecule has 5 nitrogen and oxygen atoms in total. The minimum absolute atomic E-state index is 0.00244. The first-order valence-electron chi connectivity index (χ1n) is 3.83. The highest BCUT2D eigenvalue weighted by Gasteiger charge is 2.16. The molecule has 0 amide bonds. The molecule has 0 fully saturated rings. The number of halogens is 3. The van der Waals surface area contributed by atoms with Gasteiger partial charge in [-0.15, -0.1) is 0 Å². The van der Waals surface area contributed by atoms with Gasteiger partial charge in [-0.05, 0) is 6.07 Å². The van der Waals surface area contributed by atoms with Crippen molar-refractivity contribution < 1.29 is 13.7 Å². The molecule has 0 aliphatic heterocycles. The maximum absolute atomic E-state index is 11.9. The van der Waals surface area contributed by atoms with Crippen LogP contribution in [0.15, 0.2) is 12.1 Å². The first-order chi connectivity index (χ1) is 7.00. The van der Waals surface area contributed by atoms with Crippen LogP contribution >= 0.6 is 11.6 Å². The zero-order valence-electron chi connectivity index (χ0n) is 7.28. The molecule has 0 aromatic carbocycles. The average Bonchev–Trinajstić information content (AvgIpc) is 2.14. The molecule has 0 radical (unpaired) electrons. The van der Waals surface area contributed by atoms with Gasteiger partial charge in [-0.25, -0.2) is 13.8 Å². The zero-order chi connectivity index (χ0) is 11.4. The molecular weight excluding hydrogens is 232 g/mol. The van der Waals surface area contributed by atoms with Gasteiger partial charge in [-0.2, -0.15) is 0 Å². The average molecular weight is 238 g/mol. The van der Waals surface area contributed by atoms with Gasteiger partial charge in [0.2, 0.25) is 5.82 Å². The zero-order valence-corrected chi connectivity index (χ0v) is 8.04. The monoisotopic (exact) mass is 237 g/mol. The predicted octanol–water partition coefficient (Wildman–Crippen LogP) is 2.32. The largest absolute Gasteiger partial charge is 0.359 e. The summed E-state index contributed by atoms with van der Waals surface area (Å²) in [6.07, 6.45) is -2.62. The van der Waals surface area contributed by atoms with E-state index in [1.807, 2.05) is 0 Å². The van der Waals surface area contributed by atoms with Crippen molar-refractivity contribution in [3.8, 4) is 0 Å². The summed E-state index contributed by atoms with van der Waals surface area (Å²) in [7, 11) is 0. The summed E-state index contributed by atoms with van der Waals surface area (Å²) in [5.74, 6) is -0.257. The van der Waals surface area contributed by atoms with E-state index in [2.05, 4.69) is 10.3 Å². The van der Waals surface area contributed by atoms with Crippen molar-refractivity contribution in [2.24, 2.45) is 0 Å². The van der Waals surface area contributed by atoms with Gasteiger partial charge >= 0.3 is 5.69 Å². The van der Waals surface area contributed by atoms with Crippen LogP contribution in [0.1, 0.15) is 0 Å². The van der Waals surface area contributed by atoms with Crippen molar-refractivity contribution in [1.82, 2.24) is 4.98 Å². The lowest BCUT2D eigenvalue weighted by Gasteiger charge is -2.05. The third-order valence-electron chi connectivity index (χ3n) is 1.46. The number of hydrogen-bond acceptors (Lipinski definition) is 4. The molecule has 0 unspecified atom stereocenters. The van der Waals surface area contributed by atoms with Crippen LogP contribution in [0, 0.1) is 10.1 Å². The van der Waals surface area contributed by atoms with Crippen molar-refractivity contribution in [2.75, 3.05) is 11.9 Å². The fourth-order valence-corrected chi connectivity index (χ4v) is 1.03. The molecule has 15 heavy (non-hydrogen) atoms. The maximum atomic E-state index is 11.9. The van der Waals surface area contributed by atoms with E-state index < -0.39 is 17.9 Å². The van der Waals surface area contributed by atoms with Gasteiger partial charge in [0.1, 0.15) is 5.15 Å². The quantitative estimate of drug-likeness (QED) is 0.496. The number of hydrogen-bond donors (Lipinski definition) is 1. The summed E-state index contributed by atoms with van der Waals surface area (Å²) in [5, 5.41) is 12.6. The van der Waals surface area contributed by atoms with Gasteiger partial charge in [-0.3, -0.25) is 10.1 Å². The number of nitrogens with zero attached hydrogens (tertiary/aromatic N) is 2. The SMILES string of the molecule is O=[N+]([O-])c1ccc(Cl)nc1NCC(F)F. The number of alkyl halides is 2. The molecule has 8 heteroatoms. The lowest BCUT2D eigenvalue weighted by molar-refractivity contribution is -0.384. The molecule has 1 rings (SSSR count). The molecule has 1 aromatic rings. The van der Waals surface area contributed by atoms with Gasteiger partial charge in [0.15, 0.2) is 0 Å². The van der Waals surface area contributed by atoms with Crippen LogP contribution in [0.2, 0.25) is 5.15 Å². The molecule has 0 saturated carbocycles. The Kier molecular flexibility index (Phi) is 3.73. The van der Waals surface area contributed by atoms with Gasteiger partial charge in [0.05, 0.1) is 11.5 Å². The second kappa shape index (κ2) is 4.83. The third kappa shape index (κ3) is 3.28. The molecule has 0 saturated heterocycles. The highest BCUT2D eigenvalue weighted by atomic mass is 35.5. The van der Waals surface area contributed by atoms with Gasteiger partial charge in [-0.1, -0.05) is 11.6 Å². The summed E-state index contributed by atoms with van der Waals surface area (Å²) in [6.45, 7) is -0.714. The Balaban J connectivity index is 2.92. The molecule has 0 spiro atoms. The van der Waals surface area contributed by atoms with Crippen LogP contribution in [0.3, 0.4) is 0 Å². The molecule has 0 aliphatic carbocycles. The minimum Gasteiger partial charge on any atom is -0.359 e. The van der Waals surface area contributed by atoms with E-state index in [9.17, 15) is 18.9 Å². The predicted molar refractivity (Wildman–Crippen MR) is 50.4 cm³/mol. The van der Waals surface area contributed by atoms with Crippen LogP contribution < -0.4 is 5.32 Å².